The number of piperidine rings is 1. The van der Waals surface area contributed by atoms with Crippen LogP contribution in [0.5, 0.6) is 17.4 Å². The van der Waals surface area contributed by atoms with E-state index in [-0.39, 0.29) is 11.8 Å². The van der Waals surface area contributed by atoms with Crippen LogP contribution in [0.4, 0.5) is 11.4 Å². The average Bonchev–Trinajstić information content (AvgIpc) is 3.32. The minimum absolute atomic E-state index is 0.0146. The van der Waals surface area contributed by atoms with E-state index < -0.39 is 0 Å². The van der Waals surface area contributed by atoms with Crippen LogP contribution < -0.4 is 14.4 Å². The van der Waals surface area contributed by atoms with E-state index in [0.717, 1.165) is 41.8 Å². The van der Waals surface area contributed by atoms with Gasteiger partial charge in [0.25, 0.3) is 0 Å². The molecule has 0 spiro atoms. The zero-order valence-corrected chi connectivity index (χ0v) is 24.7. The van der Waals surface area contributed by atoms with Crippen LogP contribution >= 0.6 is 0 Å². The number of aliphatic imine (C=N–C) groups is 1. The highest BCUT2D eigenvalue weighted by Crippen LogP contribution is 2.39. The summed E-state index contributed by atoms with van der Waals surface area (Å²) >= 11 is 0. The number of aromatic nitrogens is 1. The average molecular weight is 569 g/mol. The van der Waals surface area contributed by atoms with Crippen molar-refractivity contribution in [2.24, 2.45) is 4.99 Å². The van der Waals surface area contributed by atoms with Gasteiger partial charge in [0.05, 0.1) is 35.7 Å². The molecule has 5 rings (SSSR count). The predicted octanol–water partition coefficient (Wildman–Crippen LogP) is 6.68. The van der Waals surface area contributed by atoms with Crippen molar-refractivity contribution < 1.29 is 19.4 Å². The number of ether oxygens (including phenoxy) is 2. The molecule has 0 radical (unpaired) electrons. The first kappa shape index (κ1) is 29.2. The molecule has 2 heterocycles. The lowest BCUT2D eigenvalue weighted by Gasteiger charge is -2.29. The quantitative estimate of drug-likeness (QED) is 0.197. The van der Waals surface area contributed by atoms with Crippen molar-refractivity contribution in [2.75, 3.05) is 44.3 Å². The molecule has 0 aliphatic carbocycles. The molecule has 1 aliphatic rings. The second kappa shape index (κ2) is 13.6. The Bertz CT molecular complexity index is 1520. The Labute approximate surface area is 247 Å². The summed E-state index contributed by atoms with van der Waals surface area (Å²) in [7, 11) is 0. The van der Waals surface area contributed by atoms with Gasteiger partial charge in [-0.3, -0.25) is 4.79 Å². The second-order valence-corrected chi connectivity index (χ2v) is 10.5. The number of H-pyrrole nitrogens is 1. The van der Waals surface area contributed by atoms with Crippen molar-refractivity contribution in [3.05, 3.63) is 77.9 Å². The molecule has 1 aromatic heterocycles. The summed E-state index contributed by atoms with van der Waals surface area (Å²) < 4.78 is 11.7. The number of fused-ring (bicyclic) bond motifs is 1. The van der Waals surface area contributed by atoms with Crippen molar-refractivity contribution in [3.63, 3.8) is 0 Å². The SMILES string of the molecule is CCOc1cc2[nH]c(O)c(C(=Nc3ccc(N(CCN4CCCCC4)C(C)=O)cc3)c3ccccc3)c2cc1OCC. The molecule has 1 aliphatic heterocycles. The molecule has 0 bridgehead atoms. The van der Waals surface area contributed by atoms with E-state index in [1.54, 1.807) is 6.92 Å². The molecule has 4 aromatic rings. The summed E-state index contributed by atoms with van der Waals surface area (Å²) in [5.74, 6) is 1.26. The summed E-state index contributed by atoms with van der Waals surface area (Å²) in [4.78, 5) is 25.0. The third-order valence-corrected chi connectivity index (χ3v) is 7.60. The number of carbonyl (C=O) groups is 1. The van der Waals surface area contributed by atoms with Crippen LogP contribution in [0.1, 0.15) is 51.2 Å². The fourth-order valence-electron chi connectivity index (χ4n) is 5.55. The van der Waals surface area contributed by atoms with Crippen LogP contribution in [0.2, 0.25) is 0 Å². The van der Waals surface area contributed by atoms with Crippen molar-refractivity contribution >= 4 is 33.9 Å². The van der Waals surface area contributed by atoms with Gasteiger partial charge in [-0.25, -0.2) is 4.99 Å². The number of rotatable bonds is 11. The summed E-state index contributed by atoms with van der Waals surface area (Å²) in [5, 5.41) is 11.9. The van der Waals surface area contributed by atoms with Crippen LogP contribution in [0.15, 0.2) is 71.7 Å². The van der Waals surface area contributed by atoms with Gasteiger partial charge in [-0.05, 0) is 70.1 Å². The van der Waals surface area contributed by atoms with E-state index in [9.17, 15) is 9.90 Å². The van der Waals surface area contributed by atoms with Gasteiger partial charge in [0, 0.05) is 42.7 Å². The van der Waals surface area contributed by atoms with Gasteiger partial charge < -0.3 is 29.4 Å². The summed E-state index contributed by atoms with van der Waals surface area (Å²) in [5.41, 5.74) is 4.33. The van der Waals surface area contributed by atoms with E-state index in [4.69, 9.17) is 14.5 Å². The molecule has 0 atom stereocenters. The molecule has 8 nitrogen and oxygen atoms in total. The van der Waals surface area contributed by atoms with Crippen LogP contribution in [0, 0.1) is 0 Å². The minimum atomic E-state index is 0.0146. The number of hydrogen-bond donors (Lipinski definition) is 2. The lowest BCUT2D eigenvalue weighted by molar-refractivity contribution is -0.116. The number of likely N-dealkylation sites (tertiary alicyclic amines) is 1. The second-order valence-electron chi connectivity index (χ2n) is 10.5. The normalized spacial score (nSPS) is 14.2. The highest BCUT2D eigenvalue weighted by molar-refractivity contribution is 6.22. The van der Waals surface area contributed by atoms with Crippen molar-refractivity contribution in [1.82, 2.24) is 9.88 Å². The van der Waals surface area contributed by atoms with Gasteiger partial charge in [0.1, 0.15) is 0 Å². The fourth-order valence-corrected chi connectivity index (χ4v) is 5.55. The zero-order chi connectivity index (χ0) is 29.5. The Morgan fingerprint density at radius 2 is 1.62 bits per heavy atom. The molecular formula is C34H40N4O4. The third kappa shape index (κ3) is 6.60. The maximum Gasteiger partial charge on any atom is 0.223 e. The number of amides is 1. The smallest absolute Gasteiger partial charge is 0.223 e. The summed E-state index contributed by atoms with van der Waals surface area (Å²) in [6.07, 6.45) is 3.74. The Hall–Kier alpha value is -4.30. The van der Waals surface area contributed by atoms with E-state index in [1.165, 1.54) is 19.3 Å². The molecular weight excluding hydrogens is 528 g/mol. The monoisotopic (exact) mass is 568 g/mol. The predicted molar refractivity (Wildman–Crippen MR) is 169 cm³/mol. The van der Waals surface area contributed by atoms with Gasteiger partial charge >= 0.3 is 0 Å². The largest absolute Gasteiger partial charge is 0.494 e. The van der Waals surface area contributed by atoms with E-state index in [1.807, 2.05) is 85.5 Å². The lowest BCUT2D eigenvalue weighted by atomic mass is 10.0. The Balaban J connectivity index is 1.51. The molecule has 8 heteroatoms. The first-order chi connectivity index (χ1) is 20.5. The highest BCUT2D eigenvalue weighted by Gasteiger charge is 2.22. The Kier molecular flexibility index (Phi) is 9.44. The van der Waals surface area contributed by atoms with Crippen LogP contribution in [-0.4, -0.2) is 66.0 Å². The van der Waals surface area contributed by atoms with Gasteiger partial charge in [0.15, 0.2) is 17.4 Å². The first-order valence-corrected chi connectivity index (χ1v) is 14.9. The Morgan fingerprint density at radius 1 is 0.952 bits per heavy atom. The molecule has 1 amide bonds. The summed E-state index contributed by atoms with van der Waals surface area (Å²) in [6, 6.07) is 21.3. The molecule has 3 aromatic carbocycles. The third-order valence-electron chi connectivity index (χ3n) is 7.60. The lowest BCUT2D eigenvalue weighted by Crippen LogP contribution is -2.39. The van der Waals surface area contributed by atoms with Crippen molar-refractivity contribution in [2.45, 2.75) is 40.0 Å². The van der Waals surface area contributed by atoms with E-state index >= 15 is 0 Å². The number of aromatic amines is 1. The number of anilines is 1. The molecule has 1 saturated heterocycles. The standard InChI is InChI=1S/C34H40N4O4/c1-4-41-30-22-28-29(23-31(30)42-5-2)36-34(40)32(28)33(25-12-8-6-9-13-25)35-26-14-16-27(17-15-26)38(24(3)39)21-20-37-18-10-7-11-19-37/h6,8-9,12-17,22-23,36,40H,4-5,7,10-11,18-21H2,1-3H3. The number of aromatic hydroxyl groups is 1. The van der Waals surface area contributed by atoms with E-state index in [2.05, 4.69) is 9.88 Å². The number of nitrogens with one attached hydrogen (secondary N) is 1. The first-order valence-electron chi connectivity index (χ1n) is 14.9. The molecule has 1 fully saturated rings. The van der Waals surface area contributed by atoms with Gasteiger partial charge in [0.2, 0.25) is 5.91 Å². The van der Waals surface area contributed by atoms with E-state index in [0.29, 0.717) is 48.2 Å². The molecule has 220 valence electrons. The topological polar surface area (TPSA) is 90.4 Å². The van der Waals surface area contributed by atoms with Crippen molar-refractivity contribution in [3.8, 4) is 17.4 Å². The highest BCUT2D eigenvalue weighted by atomic mass is 16.5. The molecule has 42 heavy (non-hydrogen) atoms. The van der Waals surface area contributed by atoms with Gasteiger partial charge in [-0.15, -0.1) is 0 Å². The summed E-state index contributed by atoms with van der Waals surface area (Å²) in [6.45, 7) is 10.2. The number of carbonyl (C=O) groups excluding carboxylic acids is 1. The fraction of sp³-hybridized carbons (Fsp3) is 0.353. The van der Waals surface area contributed by atoms with Gasteiger partial charge in [-0.2, -0.15) is 0 Å². The molecule has 2 N–H and O–H groups in total. The van der Waals surface area contributed by atoms with Gasteiger partial charge in [-0.1, -0.05) is 36.8 Å². The molecule has 0 saturated carbocycles. The Morgan fingerprint density at radius 3 is 2.26 bits per heavy atom. The van der Waals surface area contributed by atoms with Crippen molar-refractivity contribution in [1.29, 1.82) is 0 Å². The number of hydrogen-bond acceptors (Lipinski definition) is 6. The minimum Gasteiger partial charge on any atom is -0.494 e. The van der Waals surface area contributed by atoms with Crippen LogP contribution in [0.3, 0.4) is 0 Å². The number of benzene rings is 3. The number of nitrogens with zero attached hydrogens (tertiary/aromatic N) is 3. The van der Waals surface area contributed by atoms with Crippen LogP contribution in [0.25, 0.3) is 10.9 Å². The molecule has 0 unspecified atom stereocenters. The zero-order valence-electron chi connectivity index (χ0n) is 24.7. The van der Waals surface area contributed by atoms with Crippen LogP contribution in [-0.2, 0) is 4.79 Å². The maximum absolute atomic E-state index is 12.6. The maximum atomic E-state index is 12.6.